The van der Waals surface area contributed by atoms with Gasteiger partial charge < -0.3 is 31.0 Å². The van der Waals surface area contributed by atoms with Crippen molar-refractivity contribution in [3.63, 3.8) is 0 Å². The molecule has 2 aromatic heterocycles. The third kappa shape index (κ3) is 4.97. The van der Waals surface area contributed by atoms with Crippen molar-refractivity contribution in [3.8, 4) is 0 Å². The van der Waals surface area contributed by atoms with E-state index in [0.29, 0.717) is 47.1 Å². The fourth-order valence-electron chi connectivity index (χ4n) is 8.13. The molecule has 3 unspecified atom stereocenters. The molecular formula is C33H40N6O5. The monoisotopic (exact) mass is 600 g/mol. The van der Waals surface area contributed by atoms with Crippen LogP contribution in [0.15, 0.2) is 54.0 Å². The van der Waals surface area contributed by atoms with E-state index in [1.54, 1.807) is 25.4 Å². The number of anilines is 2. The summed E-state index contributed by atoms with van der Waals surface area (Å²) in [6.07, 6.45) is 7.95. The smallest absolute Gasteiger partial charge is 0.341 e. The molecule has 0 spiro atoms. The Morgan fingerprint density at radius 2 is 2.11 bits per heavy atom. The number of aromatic nitrogens is 3. The highest BCUT2D eigenvalue weighted by atomic mass is 16.5. The van der Waals surface area contributed by atoms with Crippen LogP contribution >= 0.6 is 0 Å². The lowest BCUT2D eigenvalue weighted by Crippen LogP contribution is -2.58. The Morgan fingerprint density at radius 3 is 2.84 bits per heavy atom. The fourth-order valence-corrected chi connectivity index (χ4v) is 8.13. The van der Waals surface area contributed by atoms with Crippen LogP contribution in [0.4, 0.5) is 11.6 Å². The van der Waals surface area contributed by atoms with Crippen LogP contribution < -0.4 is 10.6 Å². The number of esters is 1. The second-order valence-electron chi connectivity index (χ2n) is 13.1. The maximum absolute atomic E-state index is 13.5. The minimum atomic E-state index is -0.619. The van der Waals surface area contributed by atoms with Gasteiger partial charge in [0, 0.05) is 24.7 Å². The van der Waals surface area contributed by atoms with Gasteiger partial charge in [0.05, 0.1) is 42.0 Å². The number of allylic oxidation sites excluding steroid dienone is 2. The molecule has 0 bridgehead atoms. The van der Waals surface area contributed by atoms with E-state index in [2.05, 4.69) is 34.2 Å². The number of fused-ring (bicyclic) bond motifs is 2. The molecule has 2 aliphatic heterocycles. The summed E-state index contributed by atoms with van der Waals surface area (Å²) in [5.41, 5.74) is 1.78. The number of hydrogen-bond donors (Lipinski definition) is 5. The zero-order valence-corrected chi connectivity index (χ0v) is 25.4. The van der Waals surface area contributed by atoms with Crippen LogP contribution in [0.2, 0.25) is 0 Å². The summed E-state index contributed by atoms with van der Waals surface area (Å²) in [5, 5.41) is 40.5. The number of hydrogen-bond acceptors (Lipinski definition) is 9. The molecule has 1 amide bonds. The first-order valence-corrected chi connectivity index (χ1v) is 15.2. The molecule has 2 fully saturated rings. The Bertz CT molecular complexity index is 1590. The largest absolute Gasteiger partial charge is 0.423 e. The third-order valence-corrected chi connectivity index (χ3v) is 10.5. The van der Waals surface area contributed by atoms with Crippen molar-refractivity contribution in [2.45, 2.75) is 64.5 Å². The standard InChI is InChI=1S/C33H40N6O5/c1-18-8-9-25-32(2,11-10-26(41)33(25,3)17-40)21(18)15-23(36-27-7-5-6-12-35-27)20-13-19(44-31(20)43)14-24-29-22(34)16-28(42)37-30(29)39(4)38-24/h5-7,12-14,21,23,25-26,34,40-41H,1,8-11,15-17H2,2-4H3,(H,35,36)(H,37,42)/b19-14+,34-22?/t21?,23?,25?,26-,32-,33+/m1/s1. The van der Waals surface area contributed by atoms with Gasteiger partial charge in [0.2, 0.25) is 5.91 Å². The number of aliphatic hydroxyl groups excluding tert-OH is 2. The fraction of sp³-hybridized carbons (Fsp3) is 0.485. The molecule has 6 atom stereocenters. The predicted octanol–water partition coefficient (Wildman–Crippen LogP) is 3.96. The van der Waals surface area contributed by atoms with E-state index < -0.39 is 23.5 Å². The minimum absolute atomic E-state index is 0.00876. The van der Waals surface area contributed by atoms with Gasteiger partial charge in [-0.3, -0.25) is 9.48 Å². The van der Waals surface area contributed by atoms with Gasteiger partial charge >= 0.3 is 5.97 Å². The molecule has 0 saturated heterocycles. The number of aliphatic hydroxyl groups is 2. The number of rotatable bonds is 7. The van der Waals surface area contributed by atoms with Gasteiger partial charge in [0.1, 0.15) is 23.1 Å². The van der Waals surface area contributed by atoms with Crippen LogP contribution in [0, 0.1) is 28.1 Å². The Hall–Kier alpha value is -4.09. The quantitative estimate of drug-likeness (QED) is 0.236. The molecule has 11 heteroatoms. The minimum Gasteiger partial charge on any atom is -0.423 e. The molecule has 4 heterocycles. The lowest BCUT2D eigenvalue weighted by molar-refractivity contribution is -0.152. The van der Waals surface area contributed by atoms with Crippen molar-refractivity contribution in [3.05, 3.63) is 65.2 Å². The number of nitrogens with one attached hydrogen (secondary N) is 3. The van der Waals surface area contributed by atoms with E-state index in [-0.39, 0.29) is 41.9 Å². The van der Waals surface area contributed by atoms with Crippen molar-refractivity contribution in [2.75, 3.05) is 17.2 Å². The van der Waals surface area contributed by atoms with E-state index in [1.807, 2.05) is 25.1 Å². The maximum atomic E-state index is 13.5. The van der Waals surface area contributed by atoms with Gasteiger partial charge in [0.15, 0.2) is 0 Å². The molecule has 0 radical (unpaired) electrons. The second kappa shape index (κ2) is 11.1. The van der Waals surface area contributed by atoms with Crippen LogP contribution in [-0.4, -0.2) is 61.3 Å². The van der Waals surface area contributed by atoms with Crippen molar-refractivity contribution in [2.24, 2.45) is 29.7 Å². The number of pyridine rings is 1. The molecule has 232 valence electrons. The zero-order valence-electron chi connectivity index (χ0n) is 25.4. The van der Waals surface area contributed by atoms with E-state index in [9.17, 15) is 19.8 Å². The number of ether oxygens (including phenoxy) is 1. The van der Waals surface area contributed by atoms with E-state index in [4.69, 9.17) is 10.1 Å². The molecule has 0 aromatic carbocycles. The van der Waals surface area contributed by atoms with Crippen LogP contribution in [0.5, 0.6) is 0 Å². The Morgan fingerprint density at radius 1 is 1.32 bits per heavy atom. The first-order chi connectivity index (χ1) is 20.9. The lowest BCUT2D eigenvalue weighted by atomic mass is 9.46. The highest BCUT2D eigenvalue weighted by Gasteiger charge is 2.58. The maximum Gasteiger partial charge on any atom is 0.341 e. The van der Waals surface area contributed by atoms with Crippen LogP contribution in [0.3, 0.4) is 0 Å². The highest BCUT2D eigenvalue weighted by molar-refractivity contribution is 6.20. The molecule has 2 saturated carbocycles. The van der Waals surface area contributed by atoms with Crippen molar-refractivity contribution in [1.82, 2.24) is 14.8 Å². The van der Waals surface area contributed by atoms with Crippen molar-refractivity contribution in [1.29, 1.82) is 5.41 Å². The predicted molar refractivity (Wildman–Crippen MR) is 166 cm³/mol. The first-order valence-electron chi connectivity index (χ1n) is 15.2. The molecule has 5 N–H and O–H groups in total. The Kier molecular flexibility index (Phi) is 7.57. The SMILES string of the molecule is C=C1CCC2[C@](C)(CC[C@@H](O)[C@@]2(C)CO)C1CC(Nc1ccccn1)C1=C/C(=C\c2nn(C)c3c2C(=N)CC(=O)N3)OC1=O. The Balaban J connectivity index is 1.36. The summed E-state index contributed by atoms with van der Waals surface area (Å²) >= 11 is 0. The first kappa shape index (κ1) is 30.0. The van der Waals surface area contributed by atoms with Crippen LogP contribution in [0.1, 0.15) is 63.6 Å². The van der Waals surface area contributed by atoms with Crippen molar-refractivity contribution >= 4 is 35.3 Å². The zero-order chi connectivity index (χ0) is 31.4. The van der Waals surface area contributed by atoms with Gasteiger partial charge in [-0.05, 0) is 67.6 Å². The summed E-state index contributed by atoms with van der Waals surface area (Å²) in [6.45, 7) is 8.63. The van der Waals surface area contributed by atoms with Crippen molar-refractivity contribution < 1.29 is 24.5 Å². The summed E-state index contributed by atoms with van der Waals surface area (Å²) < 4.78 is 7.25. The summed E-state index contributed by atoms with van der Waals surface area (Å²) in [6, 6.07) is 5.09. The molecule has 6 rings (SSSR count). The third-order valence-electron chi connectivity index (χ3n) is 10.5. The van der Waals surface area contributed by atoms with E-state index in [1.165, 1.54) is 4.68 Å². The summed E-state index contributed by atoms with van der Waals surface area (Å²) in [4.78, 5) is 29.9. The summed E-state index contributed by atoms with van der Waals surface area (Å²) in [7, 11) is 1.69. The highest BCUT2D eigenvalue weighted by Crippen LogP contribution is 2.62. The molecule has 44 heavy (non-hydrogen) atoms. The molecule has 11 nitrogen and oxygen atoms in total. The normalized spacial score (nSPS) is 31.6. The second-order valence-corrected chi connectivity index (χ2v) is 13.1. The molecule has 4 aliphatic rings. The van der Waals surface area contributed by atoms with Crippen LogP contribution in [-0.2, 0) is 21.4 Å². The Labute approximate surface area is 256 Å². The number of cyclic esters (lactones) is 1. The van der Waals surface area contributed by atoms with E-state index >= 15 is 0 Å². The average Bonchev–Trinajstić information content (AvgIpc) is 3.51. The van der Waals surface area contributed by atoms with E-state index in [0.717, 1.165) is 24.8 Å². The number of aryl methyl sites for hydroxylation is 1. The topological polar surface area (TPSA) is 162 Å². The van der Waals surface area contributed by atoms with Gasteiger partial charge in [-0.15, -0.1) is 0 Å². The number of carbonyl (C=O) groups excluding carboxylic acids is 2. The average molecular weight is 601 g/mol. The molecule has 2 aliphatic carbocycles. The number of carbonyl (C=O) groups is 2. The van der Waals surface area contributed by atoms with Gasteiger partial charge in [-0.1, -0.05) is 32.1 Å². The molecule has 2 aromatic rings. The van der Waals surface area contributed by atoms with Gasteiger partial charge in [0.25, 0.3) is 0 Å². The summed E-state index contributed by atoms with van der Waals surface area (Å²) in [5.74, 6) is 0.690. The van der Waals surface area contributed by atoms with Gasteiger partial charge in [-0.2, -0.15) is 5.10 Å². The van der Waals surface area contributed by atoms with Crippen LogP contribution in [0.25, 0.3) is 6.08 Å². The van der Waals surface area contributed by atoms with Gasteiger partial charge in [-0.25, -0.2) is 9.78 Å². The molecular weight excluding hydrogens is 560 g/mol. The number of amides is 1. The lowest BCUT2D eigenvalue weighted by Gasteiger charge is -2.60. The number of nitrogens with zero attached hydrogens (tertiary/aromatic N) is 3.